The molecule has 2 aromatic carbocycles. The SMILES string of the molecule is CC(C)n1ncn(-c2ccc(N3CCC(c4ccc(O)cc4)CC3)cc2)c1=O. The zero-order chi connectivity index (χ0) is 19.7. The van der Waals surface area contributed by atoms with Gasteiger partial charge in [0.1, 0.15) is 12.1 Å². The van der Waals surface area contributed by atoms with E-state index in [0.717, 1.165) is 31.6 Å². The number of anilines is 1. The minimum absolute atomic E-state index is 0.0444. The number of aromatic nitrogens is 3. The highest BCUT2D eigenvalue weighted by Crippen LogP contribution is 2.31. The Hall–Kier alpha value is -3.02. The highest BCUT2D eigenvalue weighted by Gasteiger charge is 2.21. The van der Waals surface area contributed by atoms with Crippen molar-refractivity contribution in [1.82, 2.24) is 14.3 Å². The van der Waals surface area contributed by atoms with Gasteiger partial charge in [-0.15, -0.1) is 0 Å². The van der Waals surface area contributed by atoms with Gasteiger partial charge in [-0.2, -0.15) is 5.10 Å². The number of hydrogen-bond acceptors (Lipinski definition) is 4. The number of aromatic hydroxyl groups is 1. The van der Waals surface area contributed by atoms with E-state index in [9.17, 15) is 9.90 Å². The molecule has 1 aliphatic rings. The van der Waals surface area contributed by atoms with Crippen LogP contribution >= 0.6 is 0 Å². The van der Waals surface area contributed by atoms with Crippen molar-refractivity contribution in [3.8, 4) is 11.4 Å². The van der Waals surface area contributed by atoms with Gasteiger partial charge in [0.2, 0.25) is 0 Å². The second-order valence-corrected chi connectivity index (χ2v) is 7.69. The zero-order valence-corrected chi connectivity index (χ0v) is 16.3. The summed E-state index contributed by atoms with van der Waals surface area (Å²) in [6.07, 6.45) is 3.76. The molecule has 6 nitrogen and oxygen atoms in total. The Morgan fingerprint density at radius 2 is 1.57 bits per heavy atom. The topological polar surface area (TPSA) is 63.3 Å². The Labute approximate surface area is 164 Å². The summed E-state index contributed by atoms with van der Waals surface area (Å²) in [5, 5.41) is 13.6. The third-order valence-corrected chi connectivity index (χ3v) is 5.54. The van der Waals surface area contributed by atoms with Gasteiger partial charge in [-0.1, -0.05) is 12.1 Å². The Bertz CT molecular complexity index is 979. The molecule has 4 rings (SSSR count). The minimum Gasteiger partial charge on any atom is -0.508 e. The van der Waals surface area contributed by atoms with Crippen LogP contribution in [0, 0.1) is 0 Å². The summed E-state index contributed by atoms with van der Waals surface area (Å²) in [4.78, 5) is 14.8. The van der Waals surface area contributed by atoms with Crippen LogP contribution in [-0.4, -0.2) is 32.5 Å². The van der Waals surface area contributed by atoms with Crippen LogP contribution in [0.5, 0.6) is 5.75 Å². The lowest BCUT2D eigenvalue weighted by Crippen LogP contribution is -2.32. The van der Waals surface area contributed by atoms with Crippen molar-refractivity contribution in [2.24, 2.45) is 0 Å². The normalized spacial score (nSPS) is 15.3. The van der Waals surface area contributed by atoms with Crippen LogP contribution in [-0.2, 0) is 0 Å². The molecule has 6 heteroatoms. The molecule has 1 N–H and O–H groups in total. The standard InChI is InChI=1S/C22H26N4O2/c1-16(2)26-22(28)25(15-23-26)20-7-5-19(6-8-20)24-13-11-18(12-14-24)17-3-9-21(27)10-4-17/h3-10,15-16,18,27H,11-14H2,1-2H3. The van der Waals surface area contributed by atoms with Crippen molar-refractivity contribution in [1.29, 1.82) is 0 Å². The molecule has 0 aliphatic carbocycles. The molecule has 0 bridgehead atoms. The maximum Gasteiger partial charge on any atom is 0.350 e. The molecule has 2 heterocycles. The molecule has 0 saturated carbocycles. The van der Waals surface area contributed by atoms with Gasteiger partial charge in [0.15, 0.2) is 0 Å². The van der Waals surface area contributed by atoms with E-state index < -0.39 is 0 Å². The minimum atomic E-state index is -0.113. The fourth-order valence-electron chi connectivity index (χ4n) is 3.89. The predicted octanol–water partition coefficient (Wildman–Crippen LogP) is 3.70. The predicted molar refractivity (Wildman–Crippen MR) is 111 cm³/mol. The first-order valence-corrected chi connectivity index (χ1v) is 9.83. The highest BCUT2D eigenvalue weighted by atomic mass is 16.3. The molecule has 0 radical (unpaired) electrons. The van der Waals surface area contributed by atoms with Gasteiger partial charge < -0.3 is 10.0 Å². The number of benzene rings is 2. The molecule has 0 unspecified atom stereocenters. The van der Waals surface area contributed by atoms with Crippen molar-refractivity contribution < 1.29 is 5.11 Å². The molecule has 1 saturated heterocycles. The van der Waals surface area contributed by atoms with E-state index in [4.69, 9.17) is 0 Å². The number of phenols is 1. The average molecular weight is 378 g/mol. The third kappa shape index (κ3) is 3.54. The first kappa shape index (κ1) is 18.3. The number of hydrogen-bond donors (Lipinski definition) is 1. The van der Waals surface area contributed by atoms with Gasteiger partial charge in [-0.3, -0.25) is 0 Å². The summed E-state index contributed by atoms with van der Waals surface area (Å²) in [6, 6.07) is 15.8. The van der Waals surface area contributed by atoms with Crippen molar-refractivity contribution in [3.05, 3.63) is 70.9 Å². The molecule has 28 heavy (non-hydrogen) atoms. The maximum atomic E-state index is 12.4. The van der Waals surface area contributed by atoms with E-state index in [1.165, 1.54) is 15.9 Å². The number of nitrogens with zero attached hydrogens (tertiary/aromatic N) is 4. The fraction of sp³-hybridized carbons (Fsp3) is 0.364. The Balaban J connectivity index is 1.44. The monoisotopic (exact) mass is 378 g/mol. The molecule has 1 aliphatic heterocycles. The largest absolute Gasteiger partial charge is 0.508 e. The molecular formula is C22H26N4O2. The highest BCUT2D eigenvalue weighted by molar-refractivity contribution is 5.51. The molecule has 1 aromatic heterocycles. The van der Waals surface area contributed by atoms with Gasteiger partial charge >= 0.3 is 5.69 Å². The number of phenolic OH excluding ortho intramolecular Hbond substituents is 1. The fourth-order valence-corrected chi connectivity index (χ4v) is 3.89. The summed E-state index contributed by atoms with van der Waals surface area (Å²) in [7, 11) is 0. The van der Waals surface area contributed by atoms with Crippen LogP contribution in [0.4, 0.5) is 5.69 Å². The first-order chi connectivity index (χ1) is 13.5. The zero-order valence-electron chi connectivity index (χ0n) is 16.3. The maximum absolute atomic E-state index is 12.4. The second-order valence-electron chi connectivity index (χ2n) is 7.69. The second kappa shape index (κ2) is 7.54. The average Bonchev–Trinajstić information content (AvgIpc) is 3.10. The summed E-state index contributed by atoms with van der Waals surface area (Å²) < 4.78 is 3.07. The van der Waals surface area contributed by atoms with Crippen LogP contribution in [0.3, 0.4) is 0 Å². The van der Waals surface area contributed by atoms with Gasteiger partial charge in [-0.25, -0.2) is 14.0 Å². The van der Waals surface area contributed by atoms with E-state index in [0.29, 0.717) is 11.7 Å². The summed E-state index contributed by atoms with van der Waals surface area (Å²) >= 11 is 0. The first-order valence-electron chi connectivity index (χ1n) is 9.83. The van der Waals surface area contributed by atoms with E-state index >= 15 is 0 Å². The molecule has 0 spiro atoms. The lowest BCUT2D eigenvalue weighted by molar-refractivity contribution is 0.473. The smallest absolute Gasteiger partial charge is 0.350 e. The van der Waals surface area contributed by atoms with Crippen LogP contribution in [0.1, 0.15) is 44.2 Å². The van der Waals surface area contributed by atoms with Crippen molar-refractivity contribution in [2.45, 2.75) is 38.6 Å². The molecule has 0 amide bonds. The van der Waals surface area contributed by atoms with Gasteiger partial charge in [-0.05, 0) is 74.6 Å². The van der Waals surface area contributed by atoms with Gasteiger partial charge in [0, 0.05) is 18.8 Å². The molecular weight excluding hydrogens is 352 g/mol. The lowest BCUT2D eigenvalue weighted by atomic mass is 9.89. The van der Waals surface area contributed by atoms with Gasteiger partial charge in [0.25, 0.3) is 0 Å². The van der Waals surface area contributed by atoms with Crippen molar-refractivity contribution in [3.63, 3.8) is 0 Å². The van der Waals surface area contributed by atoms with Crippen LogP contribution in [0.15, 0.2) is 59.7 Å². The molecule has 146 valence electrons. The van der Waals surface area contributed by atoms with E-state index in [2.05, 4.69) is 22.1 Å². The van der Waals surface area contributed by atoms with Gasteiger partial charge in [0.05, 0.1) is 11.7 Å². The number of piperidine rings is 1. The summed E-state index contributed by atoms with van der Waals surface area (Å²) in [5.74, 6) is 0.857. The van der Waals surface area contributed by atoms with E-state index in [-0.39, 0.29) is 11.7 Å². The van der Waals surface area contributed by atoms with E-state index in [1.807, 2.05) is 38.1 Å². The Morgan fingerprint density at radius 3 is 2.14 bits per heavy atom. The summed E-state index contributed by atoms with van der Waals surface area (Å²) in [5.41, 5.74) is 3.20. The quantitative estimate of drug-likeness (QED) is 0.752. The van der Waals surface area contributed by atoms with Crippen molar-refractivity contribution in [2.75, 3.05) is 18.0 Å². The molecule has 0 atom stereocenters. The van der Waals surface area contributed by atoms with Crippen LogP contribution in [0.25, 0.3) is 5.69 Å². The lowest BCUT2D eigenvalue weighted by Gasteiger charge is -2.34. The molecule has 1 fully saturated rings. The Morgan fingerprint density at radius 1 is 0.964 bits per heavy atom. The van der Waals surface area contributed by atoms with Crippen LogP contribution in [0.2, 0.25) is 0 Å². The molecule has 3 aromatic rings. The Kier molecular flexibility index (Phi) is 4.94. The van der Waals surface area contributed by atoms with Crippen molar-refractivity contribution >= 4 is 5.69 Å². The van der Waals surface area contributed by atoms with Crippen LogP contribution < -0.4 is 10.6 Å². The summed E-state index contributed by atoms with van der Waals surface area (Å²) in [6.45, 7) is 5.89. The number of rotatable bonds is 4. The van der Waals surface area contributed by atoms with E-state index in [1.54, 1.807) is 23.0 Å². The third-order valence-electron chi connectivity index (χ3n) is 5.54.